The summed E-state index contributed by atoms with van der Waals surface area (Å²) in [6, 6.07) is 8.30. The Labute approximate surface area is 121 Å². The lowest BCUT2D eigenvalue weighted by molar-refractivity contribution is 0.104. The van der Waals surface area contributed by atoms with Crippen molar-refractivity contribution in [2.75, 3.05) is 13.1 Å². The lowest BCUT2D eigenvalue weighted by Gasteiger charge is -2.41. The molecular formula is C17H25FN2. The fourth-order valence-corrected chi connectivity index (χ4v) is 3.39. The summed E-state index contributed by atoms with van der Waals surface area (Å²) < 4.78 is 13.0. The molecule has 1 N–H and O–H groups in total. The number of hydrogen-bond donors (Lipinski definition) is 1. The number of halogens is 1. The Morgan fingerprint density at radius 2 is 2.00 bits per heavy atom. The third-order valence-corrected chi connectivity index (χ3v) is 4.64. The first-order chi connectivity index (χ1) is 9.76. The molecule has 1 aromatic carbocycles. The minimum absolute atomic E-state index is 0.142. The standard InChI is InChI=1S/C17H25FN2/c1-2-3-16-12-20(17(10-19-16)14-6-7-14)11-13-4-8-15(18)9-5-13/h4-5,8-9,14,16-17,19H,2-3,6-7,10-12H2,1H3. The van der Waals surface area contributed by atoms with E-state index in [0.717, 1.165) is 25.6 Å². The summed E-state index contributed by atoms with van der Waals surface area (Å²) in [6.45, 7) is 5.46. The Kier molecular flexibility index (Phi) is 4.37. The Hall–Kier alpha value is -0.930. The smallest absolute Gasteiger partial charge is 0.123 e. The quantitative estimate of drug-likeness (QED) is 0.888. The van der Waals surface area contributed by atoms with E-state index in [0.29, 0.717) is 12.1 Å². The van der Waals surface area contributed by atoms with E-state index in [1.54, 1.807) is 12.1 Å². The van der Waals surface area contributed by atoms with Crippen LogP contribution in [0.4, 0.5) is 4.39 Å². The van der Waals surface area contributed by atoms with Gasteiger partial charge < -0.3 is 5.32 Å². The molecule has 1 heterocycles. The summed E-state index contributed by atoms with van der Waals surface area (Å²) in [4.78, 5) is 2.63. The van der Waals surface area contributed by atoms with Crippen LogP contribution in [0.3, 0.4) is 0 Å². The zero-order valence-corrected chi connectivity index (χ0v) is 12.3. The number of benzene rings is 1. The van der Waals surface area contributed by atoms with Gasteiger partial charge in [0.05, 0.1) is 0 Å². The van der Waals surface area contributed by atoms with E-state index < -0.39 is 0 Å². The molecule has 0 spiro atoms. The van der Waals surface area contributed by atoms with Crippen LogP contribution in [0, 0.1) is 11.7 Å². The average Bonchev–Trinajstić information content (AvgIpc) is 3.27. The molecule has 1 aliphatic carbocycles. The maximum absolute atomic E-state index is 13.0. The first-order valence-corrected chi connectivity index (χ1v) is 7.98. The van der Waals surface area contributed by atoms with Crippen LogP contribution in [0.25, 0.3) is 0 Å². The van der Waals surface area contributed by atoms with E-state index in [1.165, 1.54) is 31.2 Å². The van der Waals surface area contributed by atoms with Crippen molar-refractivity contribution in [2.24, 2.45) is 5.92 Å². The van der Waals surface area contributed by atoms with Crippen molar-refractivity contribution in [1.82, 2.24) is 10.2 Å². The van der Waals surface area contributed by atoms with Crippen molar-refractivity contribution in [3.63, 3.8) is 0 Å². The molecule has 2 nitrogen and oxygen atoms in total. The van der Waals surface area contributed by atoms with Crippen molar-refractivity contribution in [3.05, 3.63) is 35.6 Å². The minimum Gasteiger partial charge on any atom is -0.311 e. The highest BCUT2D eigenvalue weighted by Crippen LogP contribution is 2.37. The third kappa shape index (κ3) is 3.39. The summed E-state index contributed by atoms with van der Waals surface area (Å²) in [7, 11) is 0. The molecule has 0 amide bonds. The second-order valence-electron chi connectivity index (χ2n) is 6.35. The number of nitrogens with one attached hydrogen (secondary N) is 1. The van der Waals surface area contributed by atoms with Crippen LogP contribution in [0.1, 0.15) is 38.2 Å². The van der Waals surface area contributed by atoms with Gasteiger partial charge in [-0.05, 0) is 42.9 Å². The predicted molar refractivity (Wildman–Crippen MR) is 80.0 cm³/mol. The van der Waals surface area contributed by atoms with Gasteiger partial charge in [0.2, 0.25) is 0 Å². The molecule has 20 heavy (non-hydrogen) atoms. The molecule has 3 rings (SSSR count). The molecule has 0 radical (unpaired) electrons. The van der Waals surface area contributed by atoms with Crippen LogP contribution >= 0.6 is 0 Å². The fourth-order valence-electron chi connectivity index (χ4n) is 3.39. The van der Waals surface area contributed by atoms with Crippen LogP contribution < -0.4 is 5.32 Å². The zero-order valence-electron chi connectivity index (χ0n) is 12.3. The van der Waals surface area contributed by atoms with Crippen LogP contribution in [0.5, 0.6) is 0 Å². The van der Waals surface area contributed by atoms with E-state index in [2.05, 4.69) is 17.1 Å². The molecule has 3 heteroatoms. The van der Waals surface area contributed by atoms with E-state index in [-0.39, 0.29) is 5.82 Å². The second-order valence-corrected chi connectivity index (χ2v) is 6.35. The van der Waals surface area contributed by atoms with Crippen LogP contribution in [0.15, 0.2) is 24.3 Å². The number of rotatable bonds is 5. The predicted octanol–water partition coefficient (Wildman–Crippen LogP) is 3.18. The van der Waals surface area contributed by atoms with Crippen LogP contribution in [-0.2, 0) is 6.54 Å². The lowest BCUT2D eigenvalue weighted by atomic mass is 10.0. The van der Waals surface area contributed by atoms with E-state index in [1.807, 2.05) is 12.1 Å². The van der Waals surface area contributed by atoms with Crippen LogP contribution in [-0.4, -0.2) is 30.1 Å². The van der Waals surface area contributed by atoms with Crippen molar-refractivity contribution < 1.29 is 4.39 Å². The van der Waals surface area contributed by atoms with Crippen molar-refractivity contribution >= 4 is 0 Å². The highest BCUT2D eigenvalue weighted by atomic mass is 19.1. The van der Waals surface area contributed by atoms with Gasteiger partial charge in [-0.25, -0.2) is 4.39 Å². The maximum Gasteiger partial charge on any atom is 0.123 e. The van der Waals surface area contributed by atoms with Crippen molar-refractivity contribution in [2.45, 2.75) is 51.2 Å². The molecule has 1 saturated carbocycles. The molecule has 2 aliphatic rings. The number of piperazine rings is 1. The third-order valence-electron chi connectivity index (χ3n) is 4.64. The molecule has 0 bridgehead atoms. The number of nitrogens with zero attached hydrogens (tertiary/aromatic N) is 1. The average molecular weight is 276 g/mol. The SMILES string of the molecule is CCCC1CN(Cc2ccc(F)cc2)C(C2CC2)CN1. The highest BCUT2D eigenvalue weighted by molar-refractivity contribution is 5.16. The van der Waals surface area contributed by atoms with Crippen molar-refractivity contribution in [3.8, 4) is 0 Å². The van der Waals surface area contributed by atoms with E-state index in [9.17, 15) is 4.39 Å². The molecule has 1 aliphatic heterocycles. The molecule has 2 unspecified atom stereocenters. The Bertz CT molecular complexity index is 427. The Morgan fingerprint density at radius 3 is 2.65 bits per heavy atom. The fraction of sp³-hybridized carbons (Fsp3) is 0.647. The Morgan fingerprint density at radius 1 is 1.25 bits per heavy atom. The molecular weight excluding hydrogens is 251 g/mol. The van der Waals surface area contributed by atoms with Gasteiger partial charge in [0.15, 0.2) is 0 Å². The second kappa shape index (κ2) is 6.23. The van der Waals surface area contributed by atoms with Gasteiger partial charge in [0.1, 0.15) is 5.82 Å². The largest absolute Gasteiger partial charge is 0.311 e. The van der Waals surface area contributed by atoms with Gasteiger partial charge in [-0.2, -0.15) is 0 Å². The van der Waals surface area contributed by atoms with Crippen molar-refractivity contribution in [1.29, 1.82) is 0 Å². The summed E-state index contributed by atoms with van der Waals surface area (Å²) >= 11 is 0. The Balaban J connectivity index is 1.67. The molecule has 1 saturated heterocycles. The molecule has 0 aromatic heterocycles. The molecule has 2 atom stereocenters. The summed E-state index contributed by atoms with van der Waals surface area (Å²) in [5, 5.41) is 3.71. The van der Waals surface area contributed by atoms with Gasteiger partial charge in [0.25, 0.3) is 0 Å². The summed E-state index contributed by atoms with van der Waals surface area (Å²) in [6.07, 6.45) is 5.24. The van der Waals surface area contributed by atoms with Gasteiger partial charge in [0, 0.05) is 31.7 Å². The van der Waals surface area contributed by atoms with E-state index >= 15 is 0 Å². The first kappa shape index (κ1) is 14.0. The number of hydrogen-bond acceptors (Lipinski definition) is 2. The molecule has 110 valence electrons. The topological polar surface area (TPSA) is 15.3 Å². The van der Waals surface area contributed by atoms with Gasteiger partial charge >= 0.3 is 0 Å². The molecule has 2 fully saturated rings. The minimum atomic E-state index is -0.142. The maximum atomic E-state index is 13.0. The highest BCUT2D eigenvalue weighted by Gasteiger charge is 2.38. The van der Waals surface area contributed by atoms with Gasteiger partial charge in [-0.15, -0.1) is 0 Å². The monoisotopic (exact) mass is 276 g/mol. The van der Waals surface area contributed by atoms with Gasteiger partial charge in [-0.1, -0.05) is 25.5 Å². The summed E-state index contributed by atoms with van der Waals surface area (Å²) in [5.74, 6) is 0.738. The van der Waals surface area contributed by atoms with Crippen LogP contribution in [0.2, 0.25) is 0 Å². The molecule has 1 aromatic rings. The lowest BCUT2D eigenvalue weighted by Crippen LogP contribution is -2.56. The summed E-state index contributed by atoms with van der Waals surface area (Å²) in [5.41, 5.74) is 1.23. The zero-order chi connectivity index (χ0) is 13.9. The normalized spacial score (nSPS) is 27.7. The van der Waals surface area contributed by atoms with Gasteiger partial charge in [-0.3, -0.25) is 4.90 Å². The first-order valence-electron chi connectivity index (χ1n) is 7.98. The van der Waals surface area contributed by atoms with E-state index in [4.69, 9.17) is 0 Å².